The van der Waals surface area contributed by atoms with Crippen LogP contribution in [0.3, 0.4) is 0 Å². The van der Waals surface area contributed by atoms with E-state index in [1.807, 2.05) is 0 Å². The quantitative estimate of drug-likeness (QED) is 0.583. The third kappa shape index (κ3) is 18.0. The van der Waals surface area contributed by atoms with Crippen LogP contribution >= 0.6 is 0 Å². The average Bonchev–Trinajstić information content (AvgIpc) is 1.90. The van der Waals surface area contributed by atoms with Gasteiger partial charge in [0.25, 0.3) is 0 Å². The number of hydrogen-bond acceptors (Lipinski definition) is 1. The predicted octanol–water partition coefficient (Wildman–Crippen LogP) is 2.56. The largest absolute Gasteiger partial charge is 0.340 e. The molecule has 0 aromatic heterocycles. The van der Waals surface area contributed by atoms with Gasteiger partial charge in [-0.05, 0) is 12.7 Å². The van der Waals surface area contributed by atoms with Crippen LogP contribution in [0.2, 0.25) is 0 Å². The predicted molar refractivity (Wildman–Crippen MR) is 43.4 cm³/mol. The van der Waals surface area contributed by atoms with E-state index < -0.39 is 0 Å². The molecule has 0 spiro atoms. The van der Waals surface area contributed by atoms with Crippen molar-refractivity contribution in [2.75, 3.05) is 0 Å². The molecule has 1 aliphatic rings. The van der Waals surface area contributed by atoms with Crippen molar-refractivity contribution in [1.82, 2.24) is 0 Å². The van der Waals surface area contributed by atoms with E-state index in [4.69, 9.17) is 0 Å². The molecule has 1 aliphatic carbocycles. The van der Waals surface area contributed by atoms with Crippen LogP contribution in [0, 0.1) is 13.3 Å². The summed E-state index contributed by atoms with van der Waals surface area (Å²) >= 11 is 0. The molecule has 1 radical (unpaired) electrons. The topological polar surface area (TPSA) is 17.1 Å². The molecule has 1 nitrogen and oxygen atoms in total. The zero-order valence-corrected chi connectivity index (χ0v) is 10.1. The molecule has 2 heteroatoms. The van der Waals surface area contributed by atoms with Gasteiger partial charge < -0.3 is 18.1 Å². The minimum absolute atomic E-state index is 0. The average molecular weight is 229 g/mol. The van der Waals surface area contributed by atoms with Gasteiger partial charge in [-0.2, -0.15) is 12.8 Å². The standard InChI is InChI=1S/C6H11.C3H5O.Y/c1-2-4-6-5-3-1;1-3(2)4;/h1H,2-6H2;1H2,2H3;/q2*-1;. The van der Waals surface area contributed by atoms with Crippen molar-refractivity contribution in [1.29, 1.82) is 0 Å². The molecule has 0 heterocycles. The van der Waals surface area contributed by atoms with Crippen molar-refractivity contribution < 1.29 is 37.5 Å². The Hall–Kier alpha value is 0.644. The van der Waals surface area contributed by atoms with Gasteiger partial charge in [0.1, 0.15) is 0 Å². The molecule has 1 saturated carbocycles. The second kappa shape index (κ2) is 10.6. The summed E-state index contributed by atoms with van der Waals surface area (Å²) in [4.78, 5) is 9.33. The number of carbonyl (C=O) groups excluding carboxylic acids is 1. The molecule has 0 amide bonds. The van der Waals surface area contributed by atoms with Crippen molar-refractivity contribution >= 4 is 5.78 Å². The van der Waals surface area contributed by atoms with Gasteiger partial charge in [0.15, 0.2) is 0 Å². The third-order valence-electron chi connectivity index (χ3n) is 1.32. The summed E-state index contributed by atoms with van der Waals surface area (Å²) in [6.45, 7) is 4.42. The molecule has 0 aromatic carbocycles. The maximum atomic E-state index is 9.33. The Kier molecular flexibility index (Phi) is 13.7. The van der Waals surface area contributed by atoms with Crippen molar-refractivity contribution in [3.63, 3.8) is 0 Å². The Morgan fingerprint density at radius 2 is 1.64 bits per heavy atom. The first-order valence-corrected chi connectivity index (χ1v) is 3.87. The summed E-state index contributed by atoms with van der Waals surface area (Å²) in [5.41, 5.74) is 0. The molecule has 0 bridgehead atoms. The van der Waals surface area contributed by atoms with E-state index in [1.165, 1.54) is 39.0 Å². The first-order chi connectivity index (χ1) is 4.73. The van der Waals surface area contributed by atoms with Crippen LogP contribution in [-0.4, -0.2) is 5.78 Å². The van der Waals surface area contributed by atoms with Gasteiger partial charge in [0.05, 0.1) is 0 Å². The Bertz CT molecular complexity index is 72.1. The van der Waals surface area contributed by atoms with E-state index in [9.17, 15) is 4.79 Å². The molecular weight excluding hydrogens is 213 g/mol. The van der Waals surface area contributed by atoms with Crippen LogP contribution in [0.5, 0.6) is 0 Å². The van der Waals surface area contributed by atoms with Crippen molar-refractivity contribution in [3.8, 4) is 0 Å². The van der Waals surface area contributed by atoms with Crippen molar-refractivity contribution in [2.24, 2.45) is 0 Å². The van der Waals surface area contributed by atoms with Crippen LogP contribution < -0.4 is 0 Å². The fraction of sp³-hybridized carbons (Fsp3) is 0.667. The van der Waals surface area contributed by atoms with Gasteiger partial charge in [-0.25, -0.2) is 0 Å². The van der Waals surface area contributed by atoms with E-state index in [1.54, 1.807) is 0 Å². The minimum atomic E-state index is -0.0833. The van der Waals surface area contributed by atoms with E-state index >= 15 is 0 Å². The van der Waals surface area contributed by atoms with Crippen molar-refractivity contribution in [3.05, 3.63) is 13.3 Å². The molecule has 1 rings (SSSR count). The Labute approximate surface area is 95.2 Å². The third-order valence-corrected chi connectivity index (χ3v) is 1.32. The minimum Gasteiger partial charge on any atom is -0.340 e. The molecule has 63 valence electrons. The van der Waals surface area contributed by atoms with Crippen LogP contribution in [0.15, 0.2) is 0 Å². The summed E-state index contributed by atoms with van der Waals surface area (Å²) in [6, 6.07) is 0. The molecule has 0 unspecified atom stereocenters. The van der Waals surface area contributed by atoms with Gasteiger partial charge in [0.2, 0.25) is 0 Å². The summed E-state index contributed by atoms with van der Waals surface area (Å²) in [7, 11) is 0. The Morgan fingerprint density at radius 1 is 1.27 bits per heavy atom. The van der Waals surface area contributed by atoms with Gasteiger partial charge in [-0.1, -0.05) is 19.3 Å². The molecule has 0 aromatic rings. The molecule has 0 atom stereocenters. The summed E-state index contributed by atoms with van der Waals surface area (Å²) in [6.07, 6.45) is 9.50. The van der Waals surface area contributed by atoms with Gasteiger partial charge in [-0.15, -0.1) is 0 Å². The summed E-state index contributed by atoms with van der Waals surface area (Å²) in [5.74, 6) is -0.0833. The Morgan fingerprint density at radius 3 is 1.73 bits per heavy atom. The van der Waals surface area contributed by atoms with E-state index in [0.29, 0.717) is 0 Å². The SMILES string of the molecule is [CH-]1CCCCC1.[CH2-]C(C)=O.[Y]. The normalized spacial score (nSPS) is 15.4. The van der Waals surface area contributed by atoms with Gasteiger partial charge in [0, 0.05) is 32.7 Å². The number of rotatable bonds is 0. The fourth-order valence-electron chi connectivity index (χ4n) is 0.898. The van der Waals surface area contributed by atoms with Gasteiger partial charge >= 0.3 is 0 Å². The molecule has 0 N–H and O–H groups in total. The van der Waals surface area contributed by atoms with E-state index in [0.717, 1.165) is 0 Å². The summed E-state index contributed by atoms with van der Waals surface area (Å²) in [5, 5.41) is 0. The second-order valence-electron chi connectivity index (χ2n) is 2.63. The monoisotopic (exact) mass is 229 g/mol. The molecule has 1 fully saturated rings. The number of carbonyl (C=O) groups is 1. The van der Waals surface area contributed by atoms with Crippen LogP contribution in [0.1, 0.15) is 39.0 Å². The van der Waals surface area contributed by atoms with Crippen molar-refractivity contribution in [2.45, 2.75) is 39.0 Å². The Balaban J connectivity index is 0. The van der Waals surface area contributed by atoms with E-state index in [2.05, 4.69) is 13.3 Å². The number of ketones is 1. The van der Waals surface area contributed by atoms with E-state index in [-0.39, 0.29) is 38.5 Å². The van der Waals surface area contributed by atoms with Gasteiger partial charge in [-0.3, -0.25) is 0 Å². The summed E-state index contributed by atoms with van der Waals surface area (Å²) < 4.78 is 0. The number of Topliss-reactive ketones (excluding diaryl/α,β-unsaturated/α-hetero) is 1. The zero-order chi connectivity index (χ0) is 7.82. The second-order valence-corrected chi connectivity index (χ2v) is 2.63. The molecule has 11 heavy (non-hydrogen) atoms. The molecule has 0 aliphatic heterocycles. The van der Waals surface area contributed by atoms with Crippen LogP contribution in [-0.2, 0) is 37.5 Å². The molecule has 0 saturated heterocycles. The fourth-order valence-corrected chi connectivity index (χ4v) is 0.898. The zero-order valence-electron chi connectivity index (χ0n) is 7.31. The maximum Gasteiger partial charge on any atom is 0 e. The first-order valence-electron chi connectivity index (χ1n) is 3.87. The smallest absolute Gasteiger partial charge is 0 e. The molecular formula is C9H16OY-2. The first kappa shape index (κ1) is 14.2. The van der Waals surface area contributed by atoms with Crippen LogP contribution in [0.25, 0.3) is 0 Å². The van der Waals surface area contributed by atoms with Crippen LogP contribution in [0.4, 0.5) is 0 Å². The number of hydrogen-bond donors (Lipinski definition) is 0. The maximum absolute atomic E-state index is 9.33.